The fourth-order valence-electron chi connectivity index (χ4n) is 2.21. The molecule has 0 unspecified atom stereocenters. The van der Waals surface area contributed by atoms with E-state index < -0.39 is 0 Å². The first kappa shape index (κ1) is 10.8. The van der Waals surface area contributed by atoms with Crippen molar-refractivity contribution in [2.75, 3.05) is 18.1 Å². The van der Waals surface area contributed by atoms with Crippen LogP contribution in [0, 0.1) is 0 Å². The van der Waals surface area contributed by atoms with Crippen molar-refractivity contribution in [3.63, 3.8) is 0 Å². The predicted molar refractivity (Wildman–Crippen MR) is 67.4 cm³/mol. The lowest BCUT2D eigenvalue weighted by Crippen LogP contribution is -2.29. The molecule has 0 aliphatic heterocycles. The Kier molecular flexibility index (Phi) is 3.52. The minimum absolute atomic E-state index is 0.475. The first-order valence-corrected chi connectivity index (χ1v) is 6.76. The highest BCUT2D eigenvalue weighted by atomic mass is 32.2. The SMILES string of the molecule is CSC1(CNc2ccncc2)CCCC1. The minimum atomic E-state index is 0.475. The van der Waals surface area contributed by atoms with Crippen molar-refractivity contribution in [2.24, 2.45) is 0 Å². The number of nitrogens with one attached hydrogen (secondary N) is 1. The van der Waals surface area contributed by atoms with Gasteiger partial charge in [0.15, 0.2) is 0 Å². The Bertz CT molecular complexity index is 294. The van der Waals surface area contributed by atoms with Gasteiger partial charge in [0, 0.05) is 29.4 Å². The van der Waals surface area contributed by atoms with Crippen LogP contribution in [0.1, 0.15) is 25.7 Å². The van der Waals surface area contributed by atoms with Gasteiger partial charge in [-0.15, -0.1) is 0 Å². The van der Waals surface area contributed by atoms with E-state index >= 15 is 0 Å². The minimum Gasteiger partial charge on any atom is -0.384 e. The van der Waals surface area contributed by atoms with Gasteiger partial charge in [0.1, 0.15) is 0 Å². The van der Waals surface area contributed by atoms with Crippen LogP contribution in [0.15, 0.2) is 24.5 Å². The van der Waals surface area contributed by atoms with Crippen molar-refractivity contribution < 1.29 is 0 Å². The normalized spacial score (nSPS) is 19.0. The maximum absolute atomic E-state index is 4.02. The number of hydrogen-bond donors (Lipinski definition) is 1. The quantitative estimate of drug-likeness (QED) is 0.847. The zero-order valence-corrected chi connectivity index (χ0v) is 10.0. The molecule has 0 amide bonds. The van der Waals surface area contributed by atoms with E-state index in [4.69, 9.17) is 0 Å². The summed E-state index contributed by atoms with van der Waals surface area (Å²) in [4.78, 5) is 4.02. The fourth-order valence-corrected chi connectivity index (χ4v) is 3.12. The zero-order chi connectivity index (χ0) is 10.6. The molecule has 1 heterocycles. The molecule has 1 fully saturated rings. The van der Waals surface area contributed by atoms with Gasteiger partial charge in [-0.25, -0.2) is 0 Å². The van der Waals surface area contributed by atoms with E-state index in [9.17, 15) is 0 Å². The van der Waals surface area contributed by atoms with Crippen LogP contribution in [0.2, 0.25) is 0 Å². The van der Waals surface area contributed by atoms with Gasteiger partial charge in [-0.3, -0.25) is 4.98 Å². The number of hydrogen-bond acceptors (Lipinski definition) is 3. The summed E-state index contributed by atoms with van der Waals surface area (Å²) >= 11 is 2.02. The lowest BCUT2D eigenvalue weighted by molar-refractivity contribution is 0.640. The summed E-state index contributed by atoms with van der Waals surface area (Å²) in [6.45, 7) is 1.08. The summed E-state index contributed by atoms with van der Waals surface area (Å²) in [6.07, 6.45) is 11.4. The number of thioether (sulfide) groups is 1. The van der Waals surface area contributed by atoms with Crippen molar-refractivity contribution in [3.05, 3.63) is 24.5 Å². The van der Waals surface area contributed by atoms with Gasteiger partial charge >= 0.3 is 0 Å². The number of anilines is 1. The van der Waals surface area contributed by atoms with E-state index in [0.29, 0.717) is 4.75 Å². The molecule has 0 spiro atoms. The monoisotopic (exact) mass is 222 g/mol. The highest BCUT2D eigenvalue weighted by molar-refractivity contribution is 8.00. The molecule has 3 heteroatoms. The van der Waals surface area contributed by atoms with Gasteiger partial charge in [0.05, 0.1) is 0 Å². The molecular formula is C12H18N2S. The number of nitrogens with zero attached hydrogens (tertiary/aromatic N) is 1. The van der Waals surface area contributed by atoms with E-state index in [1.807, 2.05) is 36.3 Å². The van der Waals surface area contributed by atoms with Crippen LogP contribution in [0.3, 0.4) is 0 Å². The van der Waals surface area contributed by atoms with Crippen molar-refractivity contribution in [1.29, 1.82) is 0 Å². The molecule has 1 aliphatic rings. The zero-order valence-electron chi connectivity index (χ0n) is 9.20. The standard InChI is InChI=1S/C12H18N2S/c1-15-12(6-2-3-7-12)10-14-11-4-8-13-9-5-11/h4-5,8-9H,2-3,6-7,10H2,1H3,(H,13,14). The summed E-state index contributed by atoms with van der Waals surface area (Å²) in [5.41, 5.74) is 1.19. The maximum atomic E-state index is 4.02. The highest BCUT2D eigenvalue weighted by Crippen LogP contribution is 2.40. The molecule has 82 valence electrons. The third-order valence-corrected chi connectivity index (χ3v) is 4.66. The highest BCUT2D eigenvalue weighted by Gasteiger charge is 2.32. The van der Waals surface area contributed by atoms with Crippen LogP contribution in [0.5, 0.6) is 0 Å². The lowest BCUT2D eigenvalue weighted by Gasteiger charge is -2.27. The van der Waals surface area contributed by atoms with Crippen molar-refractivity contribution in [1.82, 2.24) is 4.98 Å². The molecule has 1 N–H and O–H groups in total. The van der Waals surface area contributed by atoms with E-state index in [1.54, 1.807) is 0 Å². The van der Waals surface area contributed by atoms with Gasteiger partial charge in [-0.2, -0.15) is 11.8 Å². The molecule has 1 aromatic heterocycles. The summed E-state index contributed by atoms with van der Waals surface area (Å²) < 4.78 is 0.475. The second-order valence-corrected chi connectivity index (χ2v) is 5.46. The van der Waals surface area contributed by atoms with Crippen molar-refractivity contribution in [3.8, 4) is 0 Å². The van der Waals surface area contributed by atoms with Crippen LogP contribution >= 0.6 is 11.8 Å². The molecule has 0 saturated heterocycles. The smallest absolute Gasteiger partial charge is 0.0371 e. The molecule has 0 radical (unpaired) electrons. The maximum Gasteiger partial charge on any atom is 0.0371 e. The fraction of sp³-hybridized carbons (Fsp3) is 0.583. The van der Waals surface area contributed by atoms with E-state index in [-0.39, 0.29) is 0 Å². The molecular weight excluding hydrogens is 204 g/mol. The lowest BCUT2D eigenvalue weighted by atomic mass is 10.1. The largest absolute Gasteiger partial charge is 0.384 e. The number of pyridine rings is 1. The average Bonchev–Trinajstić information content (AvgIpc) is 2.77. The molecule has 0 atom stereocenters. The van der Waals surface area contributed by atoms with E-state index in [2.05, 4.69) is 16.6 Å². The first-order valence-electron chi connectivity index (χ1n) is 5.54. The molecule has 1 saturated carbocycles. The van der Waals surface area contributed by atoms with E-state index in [0.717, 1.165) is 6.54 Å². The Labute approximate surface area is 95.9 Å². The van der Waals surface area contributed by atoms with Crippen LogP contribution in [-0.2, 0) is 0 Å². The van der Waals surface area contributed by atoms with Gasteiger partial charge in [0.25, 0.3) is 0 Å². The van der Waals surface area contributed by atoms with Crippen LogP contribution in [0.25, 0.3) is 0 Å². The summed E-state index contributed by atoms with van der Waals surface area (Å²) in [7, 11) is 0. The molecule has 0 aromatic carbocycles. The van der Waals surface area contributed by atoms with Gasteiger partial charge < -0.3 is 5.32 Å². The second-order valence-electron chi connectivity index (χ2n) is 4.18. The van der Waals surface area contributed by atoms with Gasteiger partial charge in [0.2, 0.25) is 0 Å². The number of rotatable bonds is 4. The van der Waals surface area contributed by atoms with Gasteiger partial charge in [-0.1, -0.05) is 12.8 Å². The summed E-state index contributed by atoms with van der Waals surface area (Å²) in [5.74, 6) is 0. The molecule has 2 rings (SSSR count). The Morgan fingerprint density at radius 3 is 2.60 bits per heavy atom. The van der Waals surface area contributed by atoms with Crippen molar-refractivity contribution >= 4 is 17.4 Å². The van der Waals surface area contributed by atoms with Crippen molar-refractivity contribution in [2.45, 2.75) is 30.4 Å². The number of aromatic nitrogens is 1. The Balaban J connectivity index is 1.92. The Morgan fingerprint density at radius 1 is 1.33 bits per heavy atom. The third-order valence-electron chi connectivity index (χ3n) is 3.24. The first-order chi connectivity index (χ1) is 7.35. The molecule has 1 aromatic rings. The summed E-state index contributed by atoms with van der Waals surface area (Å²) in [5, 5.41) is 3.52. The van der Waals surface area contributed by atoms with Gasteiger partial charge in [-0.05, 0) is 31.2 Å². The molecule has 0 bridgehead atoms. The Hall–Kier alpha value is -0.700. The molecule has 15 heavy (non-hydrogen) atoms. The Morgan fingerprint density at radius 2 is 2.00 bits per heavy atom. The van der Waals surface area contributed by atoms with Crippen LogP contribution in [0.4, 0.5) is 5.69 Å². The predicted octanol–water partition coefficient (Wildman–Crippen LogP) is 3.17. The molecule has 1 aliphatic carbocycles. The topological polar surface area (TPSA) is 24.9 Å². The van der Waals surface area contributed by atoms with E-state index in [1.165, 1.54) is 31.4 Å². The molecule has 2 nitrogen and oxygen atoms in total. The van der Waals surface area contributed by atoms with Crippen LogP contribution < -0.4 is 5.32 Å². The third kappa shape index (κ3) is 2.65. The summed E-state index contributed by atoms with van der Waals surface area (Å²) in [6, 6.07) is 4.06. The average molecular weight is 222 g/mol. The second kappa shape index (κ2) is 4.88. The van der Waals surface area contributed by atoms with Crippen LogP contribution in [-0.4, -0.2) is 22.5 Å².